The van der Waals surface area contributed by atoms with Gasteiger partial charge in [0, 0.05) is 34.7 Å². The lowest BCUT2D eigenvalue weighted by Crippen LogP contribution is -2.14. The maximum absolute atomic E-state index is 14.8. The second-order valence-electron chi connectivity index (χ2n) is 8.63. The highest BCUT2D eigenvalue weighted by Crippen LogP contribution is 2.42. The van der Waals surface area contributed by atoms with Crippen molar-refractivity contribution in [1.29, 1.82) is 0 Å². The average molecular weight is 437 g/mol. The number of fused-ring (bicyclic) bond motifs is 1. The summed E-state index contributed by atoms with van der Waals surface area (Å²) in [5, 5.41) is 11.1. The molecule has 31 heavy (non-hydrogen) atoms. The van der Waals surface area contributed by atoms with Gasteiger partial charge in [0.1, 0.15) is 11.6 Å². The van der Waals surface area contributed by atoms with Crippen LogP contribution in [0, 0.1) is 12.7 Å². The molecule has 1 N–H and O–H groups in total. The summed E-state index contributed by atoms with van der Waals surface area (Å²) in [6.07, 6.45) is 5.55. The van der Waals surface area contributed by atoms with E-state index in [1.807, 2.05) is 23.1 Å². The van der Waals surface area contributed by atoms with Crippen LogP contribution in [-0.4, -0.2) is 24.3 Å². The summed E-state index contributed by atoms with van der Waals surface area (Å²) < 4.78 is 18.5. The molecule has 160 valence electrons. The van der Waals surface area contributed by atoms with Gasteiger partial charge >= 0.3 is 0 Å². The highest BCUT2D eigenvalue weighted by molar-refractivity contribution is 7.14. The van der Waals surface area contributed by atoms with Crippen LogP contribution in [-0.2, 0) is 18.4 Å². The van der Waals surface area contributed by atoms with Crippen LogP contribution < -0.4 is 5.32 Å². The van der Waals surface area contributed by atoms with Gasteiger partial charge in [-0.2, -0.15) is 5.10 Å². The Kier molecular flexibility index (Phi) is 4.69. The first kappa shape index (κ1) is 19.9. The maximum Gasteiger partial charge on any atom is 0.188 e. The van der Waals surface area contributed by atoms with Gasteiger partial charge in [0.05, 0.1) is 29.1 Å². The zero-order chi connectivity index (χ0) is 21.8. The van der Waals surface area contributed by atoms with Gasteiger partial charge in [-0.3, -0.25) is 0 Å². The molecule has 6 nitrogen and oxygen atoms in total. The Hall–Kier alpha value is -3.00. The number of thiazole rings is 1. The molecule has 0 atom stereocenters. The number of benzene rings is 1. The standard InChI is InChI=1S/C23H25FN6S/c1-5-30-21(16-8-9-23(3,4)20(16)28-30)27-22-26-18(12-31-22)15-6-7-19(17(24)10-15)29-11-14(2)25-13-29/h6-7,10-13H,5,8-9H2,1-4H3,(H,26,27). The van der Waals surface area contributed by atoms with Crippen molar-refractivity contribution in [3.8, 4) is 16.9 Å². The number of hydrogen-bond donors (Lipinski definition) is 1. The fraction of sp³-hybridized carbons (Fsp3) is 0.348. The third-order valence-electron chi connectivity index (χ3n) is 5.95. The van der Waals surface area contributed by atoms with Gasteiger partial charge in [0.15, 0.2) is 5.13 Å². The summed E-state index contributed by atoms with van der Waals surface area (Å²) in [5.74, 6) is 0.725. The Morgan fingerprint density at radius 1 is 1.29 bits per heavy atom. The van der Waals surface area contributed by atoms with Gasteiger partial charge in [0.25, 0.3) is 0 Å². The molecule has 1 aliphatic rings. The van der Waals surface area contributed by atoms with Crippen LogP contribution >= 0.6 is 11.3 Å². The topological polar surface area (TPSA) is 60.6 Å². The van der Waals surface area contributed by atoms with Gasteiger partial charge in [-0.05, 0) is 38.8 Å². The molecule has 0 aliphatic heterocycles. The molecule has 0 spiro atoms. The Labute approximate surface area is 184 Å². The fourth-order valence-electron chi connectivity index (χ4n) is 4.20. The summed E-state index contributed by atoms with van der Waals surface area (Å²) in [4.78, 5) is 8.89. The van der Waals surface area contributed by atoms with Crippen LogP contribution in [0.2, 0.25) is 0 Å². The third kappa shape index (κ3) is 3.44. The lowest BCUT2D eigenvalue weighted by molar-refractivity contribution is 0.488. The summed E-state index contributed by atoms with van der Waals surface area (Å²) in [7, 11) is 0. The molecule has 0 fully saturated rings. The molecule has 8 heteroatoms. The lowest BCUT2D eigenvalue weighted by atomic mass is 9.91. The van der Waals surface area contributed by atoms with Crippen LogP contribution in [0.1, 0.15) is 44.1 Å². The zero-order valence-corrected chi connectivity index (χ0v) is 18.9. The number of halogens is 1. The normalized spacial score (nSPS) is 14.7. The Bertz CT molecular complexity index is 1270. The third-order valence-corrected chi connectivity index (χ3v) is 6.71. The van der Waals surface area contributed by atoms with Crippen molar-refractivity contribution in [2.45, 2.75) is 52.5 Å². The fourth-order valence-corrected chi connectivity index (χ4v) is 4.92. The molecule has 1 aromatic carbocycles. The van der Waals surface area contributed by atoms with Crippen LogP contribution in [0.15, 0.2) is 36.1 Å². The van der Waals surface area contributed by atoms with Crippen LogP contribution in [0.4, 0.5) is 15.3 Å². The molecule has 0 bridgehead atoms. The molecule has 5 rings (SSSR count). The lowest BCUT2D eigenvalue weighted by Gasteiger charge is -2.15. The molecular weight excluding hydrogens is 411 g/mol. The molecule has 3 aromatic heterocycles. The van der Waals surface area contributed by atoms with E-state index in [0.717, 1.165) is 47.3 Å². The smallest absolute Gasteiger partial charge is 0.188 e. The average Bonchev–Trinajstić information content (AvgIpc) is 3.49. The summed E-state index contributed by atoms with van der Waals surface area (Å²) in [6, 6.07) is 5.18. The highest BCUT2D eigenvalue weighted by Gasteiger charge is 2.36. The van der Waals surface area contributed by atoms with E-state index in [9.17, 15) is 4.39 Å². The van der Waals surface area contributed by atoms with Gasteiger partial charge < -0.3 is 9.88 Å². The number of imidazole rings is 1. The molecule has 0 saturated carbocycles. The number of nitrogens with one attached hydrogen (secondary N) is 1. The van der Waals surface area contributed by atoms with Crippen molar-refractivity contribution >= 4 is 22.3 Å². The maximum atomic E-state index is 14.8. The molecule has 0 radical (unpaired) electrons. The second-order valence-corrected chi connectivity index (χ2v) is 9.48. The van der Waals surface area contributed by atoms with Gasteiger partial charge in [-0.1, -0.05) is 19.9 Å². The molecule has 0 amide bonds. The first-order valence-electron chi connectivity index (χ1n) is 10.5. The summed E-state index contributed by atoms with van der Waals surface area (Å²) in [5.41, 5.74) is 5.39. The van der Waals surface area contributed by atoms with Gasteiger partial charge in [-0.15, -0.1) is 11.3 Å². The minimum Gasteiger partial charge on any atom is -0.316 e. The van der Waals surface area contributed by atoms with Crippen LogP contribution in [0.25, 0.3) is 16.9 Å². The summed E-state index contributed by atoms with van der Waals surface area (Å²) >= 11 is 1.52. The van der Waals surface area contributed by atoms with Crippen molar-refractivity contribution in [1.82, 2.24) is 24.3 Å². The SMILES string of the molecule is CCn1nc2c(c1Nc1nc(-c3ccc(-n4cnc(C)c4)c(F)c3)cs1)CCC2(C)C. The Balaban J connectivity index is 1.42. The van der Waals surface area contributed by atoms with Crippen molar-refractivity contribution in [2.75, 3.05) is 5.32 Å². The highest BCUT2D eigenvalue weighted by atomic mass is 32.1. The van der Waals surface area contributed by atoms with Gasteiger partial charge in [0.2, 0.25) is 0 Å². The van der Waals surface area contributed by atoms with E-state index in [1.165, 1.54) is 28.7 Å². The number of aryl methyl sites for hydroxylation is 2. The van der Waals surface area contributed by atoms with E-state index >= 15 is 0 Å². The van der Waals surface area contributed by atoms with Crippen molar-refractivity contribution < 1.29 is 4.39 Å². The van der Waals surface area contributed by atoms with Crippen molar-refractivity contribution in [2.24, 2.45) is 0 Å². The predicted octanol–water partition coefficient (Wildman–Crippen LogP) is 5.63. The van der Waals surface area contributed by atoms with Crippen LogP contribution in [0.5, 0.6) is 0 Å². The molecule has 0 saturated heterocycles. The molecule has 3 heterocycles. The van der Waals surface area contributed by atoms with Gasteiger partial charge in [-0.25, -0.2) is 19.0 Å². The first-order valence-corrected chi connectivity index (χ1v) is 11.4. The van der Waals surface area contributed by atoms with Crippen molar-refractivity contribution in [3.05, 3.63) is 58.9 Å². The van der Waals surface area contributed by atoms with E-state index in [4.69, 9.17) is 10.1 Å². The Morgan fingerprint density at radius 2 is 2.13 bits per heavy atom. The van der Waals surface area contributed by atoms with E-state index in [0.29, 0.717) is 5.69 Å². The van der Waals surface area contributed by atoms with Crippen molar-refractivity contribution in [3.63, 3.8) is 0 Å². The summed E-state index contributed by atoms with van der Waals surface area (Å²) in [6.45, 7) is 9.28. The number of aromatic nitrogens is 5. The molecule has 1 aliphatic carbocycles. The molecule has 0 unspecified atom stereocenters. The monoisotopic (exact) mass is 436 g/mol. The largest absolute Gasteiger partial charge is 0.316 e. The number of hydrogen-bond acceptors (Lipinski definition) is 5. The van der Waals surface area contributed by atoms with E-state index in [2.05, 4.69) is 31.1 Å². The number of nitrogens with zero attached hydrogens (tertiary/aromatic N) is 5. The first-order chi connectivity index (χ1) is 14.9. The second kappa shape index (κ2) is 7.30. The molecule has 4 aromatic rings. The van der Waals surface area contributed by atoms with E-state index in [1.54, 1.807) is 23.2 Å². The number of anilines is 2. The zero-order valence-electron chi connectivity index (χ0n) is 18.1. The quantitative estimate of drug-likeness (QED) is 0.441. The van der Waals surface area contributed by atoms with Crippen LogP contribution in [0.3, 0.4) is 0 Å². The predicted molar refractivity (Wildman–Crippen MR) is 122 cm³/mol. The minimum atomic E-state index is -0.304. The Morgan fingerprint density at radius 3 is 2.84 bits per heavy atom. The minimum absolute atomic E-state index is 0.104. The number of rotatable bonds is 5. The van der Waals surface area contributed by atoms with E-state index in [-0.39, 0.29) is 11.2 Å². The molecular formula is C23H25FN6S. The van der Waals surface area contributed by atoms with E-state index < -0.39 is 0 Å².